The molecule has 0 saturated heterocycles. The minimum atomic E-state index is -0.482. The van der Waals surface area contributed by atoms with Gasteiger partial charge in [-0.15, -0.1) is 0 Å². The molecule has 0 aliphatic rings. The highest BCUT2D eigenvalue weighted by atomic mass is 16.5. The van der Waals surface area contributed by atoms with Gasteiger partial charge < -0.3 is 13.9 Å². The van der Waals surface area contributed by atoms with E-state index in [4.69, 9.17) is 19.7 Å². The second kappa shape index (κ2) is 6.12. The van der Waals surface area contributed by atoms with Gasteiger partial charge in [-0.25, -0.2) is 5.84 Å². The molecule has 6 nitrogen and oxygen atoms in total. The molecule has 0 radical (unpaired) electrons. The van der Waals surface area contributed by atoms with Crippen molar-refractivity contribution < 1.29 is 18.7 Å². The molecule has 0 unspecified atom stereocenters. The largest absolute Gasteiger partial charge is 0.493 e. The first-order chi connectivity index (χ1) is 9.63. The number of nitrogens with two attached hydrogens (primary N) is 1. The molecule has 0 aliphatic heterocycles. The fraction of sp³-hybridized carbons (Fsp3) is 0.214. The molecule has 1 heterocycles. The molecule has 0 saturated carbocycles. The summed E-state index contributed by atoms with van der Waals surface area (Å²) in [7, 11) is 1.58. The molecule has 0 aliphatic carbocycles. The number of hydrogen-bond acceptors (Lipinski definition) is 5. The minimum absolute atomic E-state index is 0.141. The van der Waals surface area contributed by atoms with Crippen molar-refractivity contribution in [2.45, 2.75) is 13.5 Å². The van der Waals surface area contributed by atoms with Crippen LogP contribution >= 0.6 is 0 Å². The standard InChI is InChI=1S/C14H16N2O4/c1-9-3-5-11(13(7-9)18-2)19-8-10-4-6-12(20-10)14(17)16-15/h3-7H,8,15H2,1-2H3,(H,16,17). The van der Waals surface area contributed by atoms with Crippen LogP contribution in [0.4, 0.5) is 0 Å². The lowest BCUT2D eigenvalue weighted by molar-refractivity contribution is 0.0921. The Hall–Kier alpha value is -2.47. The molecule has 2 rings (SSSR count). The number of furan rings is 1. The summed E-state index contributed by atoms with van der Waals surface area (Å²) in [5.41, 5.74) is 3.08. The molecule has 0 atom stereocenters. The monoisotopic (exact) mass is 276 g/mol. The Morgan fingerprint density at radius 2 is 2.10 bits per heavy atom. The smallest absolute Gasteiger partial charge is 0.300 e. The van der Waals surface area contributed by atoms with Gasteiger partial charge in [0, 0.05) is 0 Å². The van der Waals surface area contributed by atoms with Crippen molar-refractivity contribution >= 4 is 5.91 Å². The second-order valence-corrected chi connectivity index (χ2v) is 4.18. The summed E-state index contributed by atoms with van der Waals surface area (Å²) in [4.78, 5) is 11.2. The van der Waals surface area contributed by atoms with E-state index < -0.39 is 5.91 Å². The van der Waals surface area contributed by atoms with Crippen molar-refractivity contribution in [3.8, 4) is 11.5 Å². The Morgan fingerprint density at radius 3 is 2.80 bits per heavy atom. The molecular weight excluding hydrogens is 260 g/mol. The highest BCUT2D eigenvalue weighted by Crippen LogP contribution is 2.28. The number of methoxy groups -OCH3 is 1. The minimum Gasteiger partial charge on any atom is -0.493 e. The van der Waals surface area contributed by atoms with Crippen LogP contribution in [0.1, 0.15) is 21.9 Å². The zero-order chi connectivity index (χ0) is 14.5. The van der Waals surface area contributed by atoms with E-state index >= 15 is 0 Å². The van der Waals surface area contributed by atoms with Gasteiger partial charge in [-0.3, -0.25) is 10.2 Å². The summed E-state index contributed by atoms with van der Waals surface area (Å²) >= 11 is 0. The van der Waals surface area contributed by atoms with Gasteiger partial charge in [-0.1, -0.05) is 6.07 Å². The summed E-state index contributed by atoms with van der Waals surface area (Å²) in [6.07, 6.45) is 0. The van der Waals surface area contributed by atoms with Crippen LogP contribution in [-0.4, -0.2) is 13.0 Å². The van der Waals surface area contributed by atoms with Gasteiger partial charge in [-0.05, 0) is 36.8 Å². The molecule has 2 aromatic rings. The van der Waals surface area contributed by atoms with Crippen molar-refractivity contribution in [3.63, 3.8) is 0 Å². The lowest BCUT2D eigenvalue weighted by Gasteiger charge is -2.10. The van der Waals surface area contributed by atoms with Crippen LogP contribution in [0.5, 0.6) is 11.5 Å². The molecule has 0 bridgehead atoms. The normalized spacial score (nSPS) is 10.2. The van der Waals surface area contributed by atoms with Gasteiger partial charge in [0.25, 0.3) is 0 Å². The third-order valence-corrected chi connectivity index (χ3v) is 2.71. The first-order valence-electron chi connectivity index (χ1n) is 6.01. The van der Waals surface area contributed by atoms with Gasteiger partial charge in [0.2, 0.25) is 0 Å². The SMILES string of the molecule is COc1cc(C)ccc1OCc1ccc(C(=O)NN)o1. The number of rotatable bonds is 5. The molecule has 0 spiro atoms. The van der Waals surface area contributed by atoms with Crippen molar-refractivity contribution in [1.82, 2.24) is 5.43 Å². The molecule has 1 aromatic heterocycles. The summed E-state index contributed by atoms with van der Waals surface area (Å²) in [5.74, 6) is 6.46. The van der Waals surface area contributed by atoms with E-state index in [1.54, 1.807) is 13.2 Å². The second-order valence-electron chi connectivity index (χ2n) is 4.18. The van der Waals surface area contributed by atoms with Gasteiger partial charge >= 0.3 is 5.91 Å². The summed E-state index contributed by atoms with van der Waals surface area (Å²) < 4.78 is 16.2. The van der Waals surface area contributed by atoms with Crippen molar-refractivity contribution in [1.29, 1.82) is 0 Å². The fourth-order valence-electron chi connectivity index (χ4n) is 1.69. The number of nitrogen functional groups attached to an aromatic ring is 1. The van der Waals surface area contributed by atoms with Crippen LogP contribution in [0.3, 0.4) is 0 Å². The number of aryl methyl sites for hydroxylation is 1. The van der Waals surface area contributed by atoms with Crippen LogP contribution in [0.2, 0.25) is 0 Å². The zero-order valence-corrected chi connectivity index (χ0v) is 11.3. The van der Waals surface area contributed by atoms with E-state index in [9.17, 15) is 4.79 Å². The number of amides is 1. The van der Waals surface area contributed by atoms with E-state index in [0.717, 1.165) is 5.56 Å². The molecule has 20 heavy (non-hydrogen) atoms. The highest BCUT2D eigenvalue weighted by Gasteiger charge is 2.11. The molecule has 6 heteroatoms. The third kappa shape index (κ3) is 3.10. The Kier molecular flexibility index (Phi) is 4.27. The lowest BCUT2D eigenvalue weighted by atomic mass is 10.2. The first kappa shape index (κ1) is 14.0. The average Bonchev–Trinajstić information content (AvgIpc) is 2.93. The van der Waals surface area contributed by atoms with Crippen LogP contribution in [0.25, 0.3) is 0 Å². The Labute approximate surface area is 116 Å². The summed E-state index contributed by atoms with van der Waals surface area (Å²) in [6.45, 7) is 2.16. The number of hydrazine groups is 1. The predicted molar refractivity (Wildman–Crippen MR) is 72.4 cm³/mol. The number of carbonyl (C=O) groups is 1. The predicted octanol–water partition coefficient (Wildman–Crippen LogP) is 1.78. The maximum absolute atomic E-state index is 11.2. The maximum Gasteiger partial charge on any atom is 0.300 e. The highest BCUT2D eigenvalue weighted by molar-refractivity contribution is 5.90. The van der Waals surface area contributed by atoms with Gasteiger partial charge in [0.05, 0.1) is 7.11 Å². The molecule has 1 amide bonds. The molecule has 1 aromatic carbocycles. The van der Waals surface area contributed by atoms with Crippen molar-refractivity contribution in [3.05, 3.63) is 47.4 Å². The number of hydrogen-bond donors (Lipinski definition) is 2. The Bertz CT molecular complexity index is 607. The summed E-state index contributed by atoms with van der Waals surface area (Å²) in [6, 6.07) is 8.82. The first-order valence-corrected chi connectivity index (χ1v) is 6.01. The quantitative estimate of drug-likeness (QED) is 0.494. The van der Waals surface area contributed by atoms with E-state index in [-0.39, 0.29) is 12.4 Å². The van der Waals surface area contributed by atoms with Crippen molar-refractivity contribution in [2.75, 3.05) is 7.11 Å². The van der Waals surface area contributed by atoms with E-state index in [0.29, 0.717) is 17.3 Å². The third-order valence-electron chi connectivity index (χ3n) is 2.71. The number of ether oxygens (including phenoxy) is 2. The number of nitrogens with one attached hydrogen (secondary N) is 1. The topological polar surface area (TPSA) is 86.7 Å². The molecule has 106 valence electrons. The van der Waals surface area contributed by atoms with E-state index in [2.05, 4.69) is 0 Å². The molecule has 0 fully saturated rings. The molecular formula is C14H16N2O4. The van der Waals surface area contributed by atoms with Crippen LogP contribution in [0.15, 0.2) is 34.7 Å². The Morgan fingerprint density at radius 1 is 1.30 bits per heavy atom. The fourth-order valence-corrected chi connectivity index (χ4v) is 1.69. The number of benzene rings is 1. The van der Waals surface area contributed by atoms with Crippen LogP contribution in [0, 0.1) is 6.92 Å². The van der Waals surface area contributed by atoms with Crippen LogP contribution in [-0.2, 0) is 6.61 Å². The van der Waals surface area contributed by atoms with Gasteiger partial charge in [0.15, 0.2) is 17.3 Å². The van der Waals surface area contributed by atoms with E-state index in [1.807, 2.05) is 30.5 Å². The lowest BCUT2D eigenvalue weighted by Crippen LogP contribution is -2.29. The average molecular weight is 276 g/mol. The molecule has 3 N–H and O–H groups in total. The maximum atomic E-state index is 11.2. The van der Waals surface area contributed by atoms with Gasteiger partial charge in [-0.2, -0.15) is 0 Å². The van der Waals surface area contributed by atoms with Crippen LogP contribution < -0.4 is 20.7 Å². The van der Waals surface area contributed by atoms with Crippen molar-refractivity contribution in [2.24, 2.45) is 5.84 Å². The Balaban J connectivity index is 2.05. The van der Waals surface area contributed by atoms with Gasteiger partial charge in [0.1, 0.15) is 12.4 Å². The number of carbonyl (C=O) groups excluding carboxylic acids is 1. The zero-order valence-electron chi connectivity index (χ0n) is 11.3. The van der Waals surface area contributed by atoms with E-state index in [1.165, 1.54) is 6.07 Å². The summed E-state index contributed by atoms with van der Waals surface area (Å²) in [5, 5.41) is 0.